The standard InChI is InChI=1S/C52H32N4/c1-3-15-33(16-4-1)36-27-28-40-43-29-34-17-7-8-18-35(34)31-48(43)56(47(40)32-36)52-53-45-25-13-11-23-41(45)50(54-52)44-30-37-19-9-10-22-39(37)49-42-24-12-14-26-46(42)55(51(44)49)38-20-5-2-6-21-38/h1-32H. The zero-order chi connectivity index (χ0) is 36.7. The number of benzene rings is 9. The van der Waals surface area contributed by atoms with Gasteiger partial charge in [0.2, 0.25) is 5.95 Å². The molecule has 12 aromatic rings. The summed E-state index contributed by atoms with van der Waals surface area (Å²) in [4.78, 5) is 11.1. The monoisotopic (exact) mass is 712 g/mol. The number of nitrogens with zero attached hydrogens (tertiary/aromatic N) is 4. The molecule has 0 radical (unpaired) electrons. The largest absolute Gasteiger partial charge is 0.309 e. The van der Waals surface area contributed by atoms with Crippen molar-refractivity contribution in [3.63, 3.8) is 0 Å². The van der Waals surface area contributed by atoms with Crippen LogP contribution in [0.5, 0.6) is 0 Å². The van der Waals surface area contributed by atoms with Gasteiger partial charge in [0.15, 0.2) is 0 Å². The third-order valence-electron chi connectivity index (χ3n) is 11.5. The van der Waals surface area contributed by atoms with Crippen LogP contribution in [-0.4, -0.2) is 19.1 Å². The fraction of sp³-hybridized carbons (Fsp3) is 0. The quantitative estimate of drug-likeness (QED) is 0.182. The second-order valence-electron chi connectivity index (χ2n) is 14.6. The van der Waals surface area contributed by atoms with Crippen molar-refractivity contribution in [2.75, 3.05) is 0 Å². The maximum absolute atomic E-state index is 5.70. The molecule has 3 heterocycles. The summed E-state index contributed by atoms with van der Waals surface area (Å²) in [5, 5.41) is 10.6. The molecule has 12 rings (SSSR count). The highest BCUT2D eigenvalue weighted by Gasteiger charge is 2.24. The van der Waals surface area contributed by atoms with Crippen LogP contribution in [0.3, 0.4) is 0 Å². The van der Waals surface area contributed by atoms with Crippen LogP contribution < -0.4 is 0 Å². The predicted molar refractivity (Wildman–Crippen MR) is 234 cm³/mol. The van der Waals surface area contributed by atoms with Crippen LogP contribution in [0.1, 0.15) is 0 Å². The molecule has 0 aliphatic rings. The van der Waals surface area contributed by atoms with Crippen molar-refractivity contribution in [1.29, 1.82) is 0 Å². The van der Waals surface area contributed by atoms with Crippen LogP contribution in [0, 0.1) is 0 Å². The van der Waals surface area contributed by atoms with Gasteiger partial charge in [-0.2, -0.15) is 0 Å². The molecule has 56 heavy (non-hydrogen) atoms. The van der Waals surface area contributed by atoms with Crippen LogP contribution in [-0.2, 0) is 0 Å². The number of para-hydroxylation sites is 3. The van der Waals surface area contributed by atoms with E-state index >= 15 is 0 Å². The Bertz CT molecular complexity index is 3520. The smallest absolute Gasteiger partial charge is 0.235 e. The molecule has 9 aromatic carbocycles. The number of hydrogen-bond donors (Lipinski definition) is 0. The molecule has 3 aromatic heterocycles. The fourth-order valence-corrected chi connectivity index (χ4v) is 8.97. The number of rotatable bonds is 4. The predicted octanol–water partition coefficient (Wildman–Crippen LogP) is 13.5. The minimum absolute atomic E-state index is 0.642. The first-order valence-corrected chi connectivity index (χ1v) is 19.1. The second kappa shape index (κ2) is 12.0. The molecule has 0 saturated heterocycles. The Balaban J connectivity index is 1.24. The zero-order valence-corrected chi connectivity index (χ0v) is 30.3. The number of hydrogen-bond acceptors (Lipinski definition) is 2. The van der Waals surface area contributed by atoms with E-state index in [-0.39, 0.29) is 0 Å². The lowest BCUT2D eigenvalue weighted by atomic mass is 9.97. The molecule has 0 amide bonds. The molecule has 0 N–H and O–H groups in total. The van der Waals surface area contributed by atoms with Crippen molar-refractivity contribution in [3.05, 3.63) is 194 Å². The Labute approximate surface area is 322 Å². The van der Waals surface area contributed by atoms with E-state index in [4.69, 9.17) is 9.97 Å². The Kier molecular flexibility index (Phi) is 6.60. The Morgan fingerprint density at radius 3 is 1.82 bits per heavy atom. The molecule has 4 nitrogen and oxygen atoms in total. The Morgan fingerprint density at radius 1 is 0.357 bits per heavy atom. The highest BCUT2D eigenvalue weighted by molar-refractivity contribution is 6.26. The van der Waals surface area contributed by atoms with Gasteiger partial charge in [-0.1, -0.05) is 146 Å². The summed E-state index contributed by atoms with van der Waals surface area (Å²) in [5.41, 5.74) is 10.7. The molecule has 0 atom stereocenters. The lowest BCUT2D eigenvalue weighted by Gasteiger charge is -2.16. The van der Waals surface area contributed by atoms with E-state index in [2.05, 4.69) is 203 Å². The third kappa shape index (κ3) is 4.53. The molecule has 4 heteroatoms. The molecule has 0 fully saturated rings. The van der Waals surface area contributed by atoms with Gasteiger partial charge >= 0.3 is 0 Å². The molecular formula is C52H32N4. The normalized spacial score (nSPS) is 11.9. The average molecular weight is 713 g/mol. The van der Waals surface area contributed by atoms with Gasteiger partial charge in [0.1, 0.15) is 0 Å². The maximum Gasteiger partial charge on any atom is 0.235 e. The molecule has 0 aliphatic carbocycles. The lowest BCUT2D eigenvalue weighted by Crippen LogP contribution is -2.04. The van der Waals surface area contributed by atoms with Crippen LogP contribution in [0.25, 0.3) is 110 Å². The van der Waals surface area contributed by atoms with Crippen molar-refractivity contribution in [2.45, 2.75) is 0 Å². The minimum Gasteiger partial charge on any atom is -0.309 e. The average Bonchev–Trinajstić information content (AvgIpc) is 3.78. The lowest BCUT2D eigenvalue weighted by molar-refractivity contribution is 1.01. The Morgan fingerprint density at radius 2 is 1.00 bits per heavy atom. The van der Waals surface area contributed by atoms with Crippen molar-refractivity contribution in [1.82, 2.24) is 19.1 Å². The van der Waals surface area contributed by atoms with Crippen LogP contribution >= 0.6 is 0 Å². The van der Waals surface area contributed by atoms with E-state index in [1.54, 1.807) is 0 Å². The molecule has 260 valence electrons. The third-order valence-corrected chi connectivity index (χ3v) is 11.5. The Hall–Kier alpha value is -7.56. The summed E-state index contributed by atoms with van der Waals surface area (Å²) < 4.78 is 4.70. The van der Waals surface area contributed by atoms with Gasteiger partial charge < -0.3 is 4.57 Å². The molecule has 0 aliphatic heterocycles. The first kappa shape index (κ1) is 30.9. The number of aromatic nitrogens is 4. The van der Waals surface area contributed by atoms with Gasteiger partial charge in [-0.15, -0.1) is 0 Å². The van der Waals surface area contributed by atoms with Crippen molar-refractivity contribution < 1.29 is 0 Å². The summed E-state index contributed by atoms with van der Waals surface area (Å²) in [6.45, 7) is 0. The fourth-order valence-electron chi connectivity index (χ4n) is 8.97. The molecular weight excluding hydrogens is 681 g/mol. The second-order valence-corrected chi connectivity index (χ2v) is 14.6. The minimum atomic E-state index is 0.642. The van der Waals surface area contributed by atoms with E-state index in [0.29, 0.717) is 5.95 Å². The molecule has 0 spiro atoms. The molecule has 0 bridgehead atoms. The van der Waals surface area contributed by atoms with Crippen molar-refractivity contribution >= 4 is 76.1 Å². The van der Waals surface area contributed by atoms with Gasteiger partial charge in [0.05, 0.1) is 33.3 Å². The summed E-state index contributed by atoms with van der Waals surface area (Å²) in [6, 6.07) is 69.6. The SMILES string of the molecule is c1ccc(-c2ccc3c4cc5ccccc5cc4n(-c4nc(-c5cc6ccccc6c6c7ccccc7n(-c7ccccc7)c56)c5ccccc5n4)c3c2)cc1. The summed E-state index contributed by atoms with van der Waals surface area (Å²) >= 11 is 0. The highest BCUT2D eigenvalue weighted by atomic mass is 15.2. The van der Waals surface area contributed by atoms with E-state index < -0.39 is 0 Å². The van der Waals surface area contributed by atoms with Crippen LogP contribution in [0.15, 0.2) is 194 Å². The van der Waals surface area contributed by atoms with Crippen molar-refractivity contribution in [2.24, 2.45) is 0 Å². The van der Waals surface area contributed by atoms with E-state index in [9.17, 15) is 0 Å². The first-order valence-electron chi connectivity index (χ1n) is 19.1. The van der Waals surface area contributed by atoms with Crippen LogP contribution in [0.2, 0.25) is 0 Å². The van der Waals surface area contributed by atoms with Crippen LogP contribution in [0.4, 0.5) is 0 Å². The van der Waals surface area contributed by atoms with E-state index in [1.165, 1.54) is 48.7 Å². The maximum atomic E-state index is 5.70. The molecule has 0 unspecified atom stereocenters. The summed E-state index contributed by atoms with van der Waals surface area (Å²) in [5.74, 6) is 0.642. The first-order chi connectivity index (χ1) is 27.8. The van der Waals surface area contributed by atoms with Gasteiger partial charge in [0, 0.05) is 38.2 Å². The molecule has 0 saturated carbocycles. The zero-order valence-electron chi connectivity index (χ0n) is 30.3. The van der Waals surface area contributed by atoms with Gasteiger partial charge in [0.25, 0.3) is 0 Å². The van der Waals surface area contributed by atoms with Gasteiger partial charge in [-0.25, -0.2) is 9.97 Å². The number of fused-ring (bicyclic) bond motifs is 10. The summed E-state index contributed by atoms with van der Waals surface area (Å²) in [6.07, 6.45) is 0. The highest BCUT2D eigenvalue weighted by Crippen LogP contribution is 2.44. The topological polar surface area (TPSA) is 35.6 Å². The van der Waals surface area contributed by atoms with Gasteiger partial charge in [-0.05, 0) is 81.2 Å². The van der Waals surface area contributed by atoms with E-state index in [0.717, 1.165) is 55.5 Å². The summed E-state index contributed by atoms with van der Waals surface area (Å²) in [7, 11) is 0. The van der Waals surface area contributed by atoms with Crippen molar-refractivity contribution in [3.8, 4) is 34.0 Å². The van der Waals surface area contributed by atoms with E-state index in [1.807, 2.05) is 0 Å². The van der Waals surface area contributed by atoms with Gasteiger partial charge in [-0.3, -0.25) is 4.57 Å².